The number of aliphatic hydroxyl groups is 1. The summed E-state index contributed by atoms with van der Waals surface area (Å²) >= 11 is 27.4. The number of hydrogen-bond acceptors (Lipinski definition) is 19. The van der Waals surface area contributed by atoms with Crippen LogP contribution in [0, 0.1) is 0 Å². The van der Waals surface area contributed by atoms with Gasteiger partial charge in [-0.3, -0.25) is 14.6 Å². The number of carbonyl (C=O) groups excluding carboxylic acids is 1. The number of aromatic nitrogens is 16. The molecular weight excluding hydrogens is 1580 g/mol. The lowest BCUT2D eigenvalue weighted by Crippen LogP contribution is -2.43. The molecule has 8 aromatic carbocycles. The van der Waals surface area contributed by atoms with Gasteiger partial charge in [-0.15, -0.1) is 40.8 Å². The van der Waals surface area contributed by atoms with Crippen LogP contribution in [-0.4, -0.2) is 184 Å². The average Bonchev–Trinajstić information content (AvgIpc) is 1.63. The number of likely N-dealkylation sites (tertiary alicyclic amines) is 1. The first-order chi connectivity index (χ1) is 57.0. The number of piperazine rings is 1. The number of methoxy groups -OCH3 is 2. The number of benzene rings is 8. The van der Waals surface area contributed by atoms with Gasteiger partial charge in [0.2, 0.25) is 0 Å². The van der Waals surface area contributed by atoms with Crippen LogP contribution in [0.1, 0.15) is 35.1 Å². The molecule has 2 fully saturated rings. The standard InChI is InChI=1S/C25H25ClN6.C24H24ClN5O.C21H19ClN4O.C20H15ClN4O2.2CH4/c1-18-17-31(14-13-30(18)2)15-16-32-25-21(23(29-32)19-9-5-3-6-10-19)22(26)24(27-28-25)20-11-7-4-8-12-20;1-31-19-12-13-29(16-19)14-15-30-24-20(22(28-30)17-8-4-2-5-9-17)21(25)23(26-27-24)18-10-6-3-7-11-18;1-21(2,27)13-26-20-16(18(25-26)14-9-5-3-6-10-14)17(22)19(23-24-20)15-11-7-4-8-12-15;1-27-15(26)12-25-20-16(18(24-25)13-8-4-2-5-9-13)17(21)19(22-23-20)14-10-6-3-7-11-14;;/h3-12H,1,13-17H2,2H3;2-11,19H,12-16H2,1H3;3-12,27H,13H2,1-2H3;2-11H,12H2,1H3;2*1H4/t;19-;;;;/m.1..../s1. The highest BCUT2D eigenvalue weighted by atomic mass is 35.5. The van der Waals surface area contributed by atoms with Crippen molar-refractivity contribution in [1.29, 1.82) is 0 Å². The average molecular weight is 1670 g/mol. The van der Waals surface area contributed by atoms with E-state index < -0.39 is 11.6 Å². The zero-order valence-corrected chi connectivity index (χ0v) is 68.1. The van der Waals surface area contributed by atoms with Gasteiger partial charge in [0, 0.05) is 110 Å². The van der Waals surface area contributed by atoms with Crippen LogP contribution >= 0.6 is 46.4 Å². The number of carbonyl (C=O) groups is 1. The number of esters is 1. The first-order valence-corrected chi connectivity index (χ1v) is 39.8. The lowest BCUT2D eigenvalue weighted by Gasteiger charge is -2.35. The Hall–Kier alpha value is -12.0. The molecule has 0 aliphatic carbocycles. The second-order valence-electron chi connectivity index (χ2n) is 28.9. The molecule has 16 aromatic rings. The molecule has 18 rings (SSSR count). The van der Waals surface area contributed by atoms with Crippen LogP contribution in [0.4, 0.5) is 0 Å². The van der Waals surface area contributed by atoms with Gasteiger partial charge in [-0.2, -0.15) is 20.4 Å². The lowest BCUT2D eigenvalue weighted by atomic mass is 10.1. The Morgan fingerprint density at radius 2 is 0.689 bits per heavy atom. The topological polar surface area (TPSA) is 240 Å². The zero-order valence-electron chi connectivity index (χ0n) is 65.0. The predicted octanol–water partition coefficient (Wildman–Crippen LogP) is 19.0. The summed E-state index contributed by atoms with van der Waals surface area (Å²) in [7, 11) is 5.20. The maximum Gasteiger partial charge on any atom is 0.327 e. The van der Waals surface area contributed by atoms with Crippen molar-refractivity contribution in [2.75, 3.05) is 67.1 Å². The third-order valence-electron chi connectivity index (χ3n) is 20.3. The summed E-state index contributed by atoms with van der Waals surface area (Å²) in [4.78, 5) is 18.8. The van der Waals surface area contributed by atoms with Gasteiger partial charge in [0.25, 0.3) is 0 Å². The summed E-state index contributed by atoms with van der Waals surface area (Å²) in [5.74, 6) is -0.427. The van der Waals surface area contributed by atoms with E-state index in [0.29, 0.717) is 89.2 Å². The molecule has 2 aliphatic heterocycles. The van der Waals surface area contributed by atoms with Crippen LogP contribution in [0.2, 0.25) is 20.1 Å². The Labute approximate surface area is 711 Å². The lowest BCUT2D eigenvalue weighted by molar-refractivity contribution is -0.141. The zero-order chi connectivity index (χ0) is 81.1. The van der Waals surface area contributed by atoms with Crippen LogP contribution < -0.4 is 0 Å². The van der Waals surface area contributed by atoms with Crippen molar-refractivity contribution in [2.45, 2.75) is 73.0 Å². The molecule has 606 valence electrons. The minimum absolute atomic E-state index is 0. The van der Waals surface area contributed by atoms with Crippen LogP contribution in [0.3, 0.4) is 0 Å². The highest BCUT2D eigenvalue weighted by Gasteiger charge is 2.29. The monoisotopic (exact) mass is 1670 g/mol. The van der Waals surface area contributed by atoms with E-state index in [1.54, 1.807) is 25.6 Å². The number of likely N-dealkylation sites (N-methyl/N-ethyl adjacent to an activating group) is 1. The van der Waals surface area contributed by atoms with E-state index in [9.17, 15) is 9.90 Å². The summed E-state index contributed by atoms with van der Waals surface area (Å²) in [6.07, 6.45) is 1.38. The molecule has 0 amide bonds. The van der Waals surface area contributed by atoms with Crippen molar-refractivity contribution in [3.63, 3.8) is 0 Å². The van der Waals surface area contributed by atoms with Gasteiger partial charge in [-0.1, -0.05) is 310 Å². The van der Waals surface area contributed by atoms with Gasteiger partial charge in [0.05, 0.1) is 80.1 Å². The molecule has 1 N–H and O–H groups in total. The van der Waals surface area contributed by atoms with E-state index in [4.69, 9.17) is 71.2 Å². The molecule has 0 unspecified atom stereocenters. The second-order valence-corrected chi connectivity index (χ2v) is 30.4. The third-order valence-corrected chi connectivity index (χ3v) is 21.8. The Balaban J connectivity index is 0.000000137. The SMILES string of the molecule is C.C.C=C1CN(CCn2nc(-c3ccccc3)c3c(Cl)c(-c4ccccc4)nnc32)CCN1C.CC(C)(O)Cn1nc(-c2ccccc2)c2c(Cl)c(-c3ccccc3)nnc21.COC(=O)Cn1nc(-c2ccccc2)c2c(Cl)c(-c3ccccc3)nnc21.CO[C@@H]1CCN(CCn2nc(-c3ccccc3)c3c(Cl)c(-c4ccccc4)nnc32)C1. The molecule has 1 atom stereocenters. The molecule has 0 saturated carbocycles. The van der Waals surface area contributed by atoms with E-state index in [2.05, 4.69) is 98.5 Å². The largest absolute Gasteiger partial charge is 0.468 e. The molecule has 23 nitrogen and oxygen atoms in total. The summed E-state index contributed by atoms with van der Waals surface area (Å²) in [6, 6.07) is 78.8. The van der Waals surface area contributed by atoms with Crippen molar-refractivity contribution < 1.29 is 19.4 Å². The summed E-state index contributed by atoms with van der Waals surface area (Å²) < 4.78 is 17.3. The number of ether oxygens (including phenoxy) is 2. The Morgan fingerprint density at radius 3 is 0.983 bits per heavy atom. The molecule has 8 aromatic heterocycles. The number of nitrogens with zero attached hydrogens (tertiary/aromatic N) is 19. The molecule has 0 spiro atoms. The van der Waals surface area contributed by atoms with Crippen molar-refractivity contribution in [1.82, 2.24) is 94.6 Å². The minimum atomic E-state index is -0.945. The number of rotatable bonds is 19. The van der Waals surface area contributed by atoms with Crippen LogP contribution in [0.25, 0.3) is 134 Å². The molecule has 119 heavy (non-hydrogen) atoms. The van der Waals surface area contributed by atoms with Crippen LogP contribution in [-0.2, 0) is 40.4 Å². The first kappa shape index (κ1) is 84.9. The fraction of sp³-hybridized carbons (Fsp3) is 0.228. The van der Waals surface area contributed by atoms with Crippen molar-refractivity contribution in [3.05, 3.63) is 275 Å². The van der Waals surface area contributed by atoms with Gasteiger partial charge in [-0.05, 0) is 20.3 Å². The van der Waals surface area contributed by atoms with E-state index in [-0.39, 0.29) is 27.9 Å². The Morgan fingerprint density at radius 1 is 0.403 bits per heavy atom. The van der Waals surface area contributed by atoms with Crippen molar-refractivity contribution >= 4 is 96.5 Å². The summed E-state index contributed by atoms with van der Waals surface area (Å²) in [6.45, 7) is 15.8. The van der Waals surface area contributed by atoms with Crippen molar-refractivity contribution in [2.24, 2.45) is 0 Å². The van der Waals surface area contributed by atoms with Gasteiger partial charge >= 0.3 is 5.97 Å². The van der Waals surface area contributed by atoms with Crippen LogP contribution in [0.15, 0.2) is 255 Å². The van der Waals surface area contributed by atoms with E-state index in [0.717, 1.165) is 142 Å². The molecule has 27 heteroatoms. The maximum absolute atomic E-state index is 11.8. The molecule has 2 aliphatic rings. The number of fused-ring (bicyclic) bond motifs is 4. The number of hydrogen-bond donors (Lipinski definition) is 1. The summed E-state index contributed by atoms with van der Waals surface area (Å²) in [5, 5.41) is 70.1. The molecule has 0 bridgehead atoms. The Kier molecular flexibility index (Phi) is 27.5. The van der Waals surface area contributed by atoms with E-state index in [1.807, 2.05) is 228 Å². The summed E-state index contributed by atoms with van der Waals surface area (Å²) in [5.41, 5.74) is 15.7. The Bertz CT molecular complexity index is 6130. The normalized spacial score (nSPS) is 13.6. The molecule has 0 radical (unpaired) electrons. The van der Waals surface area contributed by atoms with E-state index >= 15 is 0 Å². The fourth-order valence-corrected chi connectivity index (χ4v) is 15.5. The molecule has 2 saturated heterocycles. The third kappa shape index (κ3) is 19.1. The minimum Gasteiger partial charge on any atom is -0.468 e. The smallest absolute Gasteiger partial charge is 0.327 e. The quantitative estimate of drug-likeness (QED) is 0.0740. The highest BCUT2D eigenvalue weighted by molar-refractivity contribution is 6.40. The fourth-order valence-electron chi connectivity index (χ4n) is 14.2. The highest BCUT2D eigenvalue weighted by Crippen LogP contribution is 2.42. The van der Waals surface area contributed by atoms with E-state index in [1.165, 1.54) is 11.8 Å². The first-order valence-electron chi connectivity index (χ1n) is 38.3. The molecular formula is C92H91Cl4N19O4. The van der Waals surface area contributed by atoms with Crippen LogP contribution in [0.5, 0.6) is 0 Å². The van der Waals surface area contributed by atoms with Gasteiger partial charge < -0.3 is 19.5 Å². The second kappa shape index (κ2) is 38.6. The van der Waals surface area contributed by atoms with Gasteiger partial charge in [0.15, 0.2) is 22.6 Å². The predicted molar refractivity (Wildman–Crippen MR) is 477 cm³/mol. The number of halogens is 4. The van der Waals surface area contributed by atoms with Gasteiger partial charge in [0.1, 0.15) is 52.1 Å². The maximum atomic E-state index is 11.8. The van der Waals surface area contributed by atoms with Crippen molar-refractivity contribution in [3.8, 4) is 90.1 Å². The van der Waals surface area contributed by atoms with Gasteiger partial charge in [-0.25, -0.2) is 18.7 Å². The molecule has 10 heterocycles.